The SMILES string of the molecule is O=C(/C(=C\c1ccncc1)c1nc2ccccc2o1)c1ccccc1. The summed E-state index contributed by atoms with van der Waals surface area (Å²) in [6.07, 6.45) is 5.15. The van der Waals surface area contributed by atoms with Gasteiger partial charge in [-0.25, -0.2) is 4.98 Å². The van der Waals surface area contributed by atoms with Crippen LogP contribution in [0.3, 0.4) is 0 Å². The number of hydrogen-bond acceptors (Lipinski definition) is 4. The van der Waals surface area contributed by atoms with Crippen LogP contribution < -0.4 is 0 Å². The number of aromatic nitrogens is 2. The number of fused-ring (bicyclic) bond motifs is 1. The summed E-state index contributed by atoms with van der Waals surface area (Å²) < 4.78 is 5.83. The van der Waals surface area contributed by atoms with Crippen molar-refractivity contribution in [1.29, 1.82) is 0 Å². The first-order valence-corrected chi connectivity index (χ1v) is 7.89. The molecule has 4 heteroatoms. The number of rotatable bonds is 4. The van der Waals surface area contributed by atoms with Crippen LogP contribution in [-0.4, -0.2) is 15.8 Å². The van der Waals surface area contributed by atoms with Crippen molar-refractivity contribution in [1.82, 2.24) is 9.97 Å². The molecule has 0 spiro atoms. The number of pyridine rings is 1. The van der Waals surface area contributed by atoms with Crippen LogP contribution in [-0.2, 0) is 0 Å². The van der Waals surface area contributed by atoms with E-state index in [1.165, 1.54) is 0 Å². The fraction of sp³-hybridized carbons (Fsp3) is 0. The zero-order valence-corrected chi connectivity index (χ0v) is 13.3. The molecule has 4 aromatic rings. The van der Waals surface area contributed by atoms with E-state index < -0.39 is 0 Å². The highest BCUT2D eigenvalue weighted by Crippen LogP contribution is 2.26. The third kappa shape index (κ3) is 3.10. The highest BCUT2D eigenvalue weighted by Gasteiger charge is 2.19. The second-order valence-corrected chi connectivity index (χ2v) is 5.52. The summed E-state index contributed by atoms with van der Waals surface area (Å²) in [5.41, 5.74) is 3.23. The van der Waals surface area contributed by atoms with Gasteiger partial charge < -0.3 is 4.42 Å². The molecule has 0 N–H and O–H groups in total. The molecule has 25 heavy (non-hydrogen) atoms. The van der Waals surface area contributed by atoms with E-state index in [4.69, 9.17) is 4.42 Å². The summed E-state index contributed by atoms with van der Waals surface area (Å²) in [7, 11) is 0. The molecular weight excluding hydrogens is 312 g/mol. The second kappa shape index (κ2) is 6.53. The number of carbonyl (C=O) groups is 1. The molecule has 0 fully saturated rings. The number of hydrogen-bond donors (Lipinski definition) is 0. The summed E-state index contributed by atoms with van der Waals surface area (Å²) in [4.78, 5) is 21.5. The van der Waals surface area contributed by atoms with Crippen molar-refractivity contribution >= 4 is 28.5 Å². The molecule has 0 aliphatic carbocycles. The first-order valence-electron chi connectivity index (χ1n) is 7.89. The molecule has 0 aliphatic heterocycles. The molecule has 2 aromatic heterocycles. The van der Waals surface area contributed by atoms with Crippen molar-refractivity contribution in [2.75, 3.05) is 0 Å². The number of carbonyl (C=O) groups excluding carboxylic acids is 1. The van der Waals surface area contributed by atoms with Crippen LogP contribution in [0, 0.1) is 0 Å². The lowest BCUT2D eigenvalue weighted by molar-refractivity contribution is 0.105. The molecule has 2 aromatic carbocycles. The molecule has 0 saturated carbocycles. The zero-order valence-electron chi connectivity index (χ0n) is 13.3. The van der Waals surface area contributed by atoms with Crippen LogP contribution in [0.5, 0.6) is 0 Å². The highest BCUT2D eigenvalue weighted by atomic mass is 16.3. The third-order valence-electron chi connectivity index (χ3n) is 3.82. The minimum atomic E-state index is -0.135. The van der Waals surface area contributed by atoms with Crippen molar-refractivity contribution in [2.45, 2.75) is 0 Å². The Labute approximate surface area is 144 Å². The van der Waals surface area contributed by atoms with Crippen LogP contribution in [0.2, 0.25) is 0 Å². The Morgan fingerprint density at radius 1 is 0.880 bits per heavy atom. The summed E-state index contributed by atoms with van der Waals surface area (Å²) in [5.74, 6) is 0.177. The minimum absolute atomic E-state index is 0.135. The number of oxazole rings is 1. The Morgan fingerprint density at radius 2 is 1.60 bits per heavy atom. The summed E-state index contributed by atoms with van der Waals surface area (Å²) in [6, 6.07) is 20.2. The summed E-state index contributed by atoms with van der Waals surface area (Å²) >= 11 is 0. The van der Waals surface area contributed by atoms with Gasteiger partial charge >= 0.3 is 0 Å². The maximum absolute atomic E-state index is 13.0. The van der Waals surface area contributed by atoms with Gasteiger partial charge in [0, 0.05) is 18.0 Å². The van der Waals surface area contributed by atoms with Gasteiger partial charge in [-0.15, -0.1) is 0 Å². The van der Waals surface area contributed by atoms with Crippen molar-refractivity contribution in [3.05, 3.63) is 96.1 Å². The molecule has 4 rings (SSSR count). The molecule has 0 saturated heterocycles. The predicted molar refractivity (Wildman–Crippen MR) is 96.9 cm³/mol. The maximum Gasteiger partial charge on any atom is 0.231 e. The standard InChI is InChI=1S/C21H14N2O2/c24-20(16-6-2-1-3-7-16)17(14-15-10-12-22-13-11-15)21-23-18-8-4-5-9-19(18)25-21/h1-14H/b17-14+. The molecule has 120 valence electrons. The number of ketones is 1. The van der Waals surface area contributed by atoms with Gasteiger partial charge in [0.15, 0.2) is 11.4 Å². The van der Waals surface area contributed by atoms with Crippen molar-refractivity contribution in [3.63, 3.8) is 0 Å². The van der Waals surface area contributed by atoms with Crippen LogP contribution >= 0.6 is 0 Å². The van der Waals surface area contributed by atoms with Gasteiger partial charge in [0.1, 0.15) is 5.52 Å². The summed E-state index contributed by atoms with van der Waals surface area (Å²) in [5, 5.41) is 0. The van der Waals surface area contributed by atoms with Gasteiger partial charge in [0.25, 0.3) is 0 Å². The molecule has 2 heterocycles. The number of para-hydroxylation sites is 2. The average molecular weight is 326 g/mol. The predicted octanol–water partition coefficient (Wildman–Crippen LogP) is 4.65. The van der Waals surface area contributed by atoms with Gasteiger partial charge in [-0.2, -0.15) is 0 Å². The number of Topliss-reactive ketones (excluding diaryl/α,β-unsaturated/α-hetero) is 1. The largest absolute Gasteiger partial charge is 0.436 e. The molecule has 0 aliphatic rings. The Hall–Kier alpha value is -3.53. The average Bonchev–Trinajstić information content (AvgIpc) is 3.11. The first kappa shape index (κ1) is 15.0. The monoisotopic (exact) mass is 326 g/mol. The second-order valence-electron chi connectivity index (χ2n) is 5.52. The van der Waals surface area contributed by atoms with Gasteiger partial charge in [-0.3, -0.25) is 9.78 Å². The van der Waals surface area contributed by atoms with Gasteiger partial charge in [0.2, 0.25) is 5.89 Å². The molecule has 0 atom stereocenters. The van der Waals surface area contributed by atoms with Crippen LogP contribution in [0.4, 0.5) is 0 Å². The molecule has 0 bridgehead atoms. The molecule has 4 nitrogen and oxygen atoms in total. The fourth-order valence-corrected chi connectivity index (χ4v) is 2.58. The third-order valence-corrected chi connectivity index (χ3v) is 3.82. The smallest absolute Gasteiger partial charge is 0.231 e. The van der Waals surface area contributed by atoms with Crippen LogP contribution in [0.15, 0.2) is 83.5 Å². The quantitative estimate of drug-likeness (QED) is 0.405. The topological polar surface area (TPSA) is 56.0 Å². The number of allylic oxidation sites excluding steroid dienone is 1. The van der Waals surface area contributed by atoms with E-state index in [0.29, 0.717) is 22.6 Å². The molecular formula is C21H14N2O2. The van der Waals surface area contributed by atoms with Crippen molar-refractivity contribution < 1.29 is 9.21 Å². The minimum Gasteiger partial charge on any atom is -0.436 e. The van der Waals surface area contributed by atoms with E-state index in [0.717, 1.165) is 11.1 Å². The maximum atomic E-state index is 13.0. The summed E-state index contributed by atoms with van der Waals surface area (Å²) in [6.45, 7) is 0. The lowest BCUT2D eigenvalue weighted by atomic mass is 10.0. The normalized spacial score (nSPS) is 11.6. The van der Waals surface area contributed by atoms with E-state index in [-0.39, 0.29) is 5.78 Å². The Kier molecular flexibility index (Phi) is 3.92. The number of benzene rings is 2. The lowest BCUT2D eigenvalue weighted by Crippen LogP contribution is -2.03. The van der Waals surface area contributed by atoms with Gasteiger partial charge in [0.05, 0.1) is 5.57 Å². The van der Waals surface area contributed by atoms with Gasteiger partial charge in [-0.1, -0.05) is 42.5 Å². The van der Waals surface area contributed by atoms with Crippen LogP contribution in [0.1, 0.15) is 21.8 Å². The highest BCUT2D eigenvalue weighted by molar-refractivity contribution is 6.31. The molecule has 0 unspecified atom stereocenters. The van der Waals surface area contributed by atoms with Crippen molar-refractivity contribution in [3.8, 4) is 0 Å². The van der Waals surface area contributed by atoms with E-state index in [9.17, 15) is 4.79 Å². The first-order chi connectivity index (χ1) is 12.3. The van der Waals surface area contributed by atoms with Gasteiger partial charge in [-0.05, 0) is 35.9 Å². The molecule has 0 amide bonds. The van der Waals surface area contributed by atoms with E-state index >= 15 is 0 Å². The van der Waals surface area contributed by atoms with E-state index in [1.807, 2.05) is 54.6 Å². The van der Waals surface area contributed by atoms with Crippen molar-refractivity contribution in [2.24, 2.45) is 0 Å². The van der Waals surface area contributed by atoms with E-state index in [1.54, 1.807) is 30.6 Å². The Morgan fingerprint density at radius 3 is 2.36 bits per heavy atom. The molecule has 0 radical (unpaired) electrons. The Bertz CT molecular complexity index is 1020. The van der Waals surface area contributed by atoms with Crippen LogP contribution in [0.25, 0.3) is 22.7 Å². The number of nitrogens with zero attached hydrogens (tertiary/aromatic N) is 2. The zero-order chi connectivity index (χ0) is 17.1. The fourth-order valence-electron chi connectivity index (χ4n) is 2.58. The van der Waals surface area contributed by atoms with E-state index in [2.05, 4.69) is 9.97 Å². The lowest BCUT2D eigenvalue weighted by Gasteiger charge is -2.03. The Balaban J connectivity index is 1.86.